The van der Waals surface area contributed by atoms with E-state index < -0.39 is 0 Å². The summed E-state index contributed by atoms with van der Waals surface area (Å²) in [6.07, 6.45) is 0.920. The molecular weight excluding hydrogens is 258 g/mol. The maximum absolute atomic E-state index is 6.00. The first-order valence-electron chi connectivity index (χ1n) is 6.31. The van der Waals surface area contributed by atoms with Gasteiger partial charge < -0.3 is 9.73 Å². The molecule has 0 aliphatic heterocycles. The number of aromatic nitrogens is 2. The van der Waals surface area contributed by atoms with Crippen molar-refractivity contribution in [2.75, 3.05) is 7.05 Å². The van der Waals surface area contributed by atoms with E-state index in [1.807, 2.05) is 25.2 Å². The van der Waals surface area contributed by atoms with Gasteiger partial charge in [-0.1, -0.05) is 29.6 Å². The quantitative estimate of drug-likeness (QED) is 0.793. The van der Waals surface area contributed by atoms with Crippen LogP contribution in [-0.4, -0.2) is 16.6 Å². The Kier molecular flexibility index (Phi) is 3.31. The minimum atomic E-state index is 0.757. The van der Waals surface area contributed by atoms with E-state index in [-0.39, 0.29) is 0 Å². The molecule has 5 heteroatoms. The van der Waals surface area contributed by atoms with Crippen LogP contribution < -0.4 is 5.32 Å². The van der Waals surface area contributed by atoms with Gasteiger partial charge in [-0.3, -0.25) is 0 Å². The van der Waals surface area contributed by atoms with Gasteiger partial charge in [0.2, 0.25) is 0 Å². The first kappa shape index (κ1) is 12.3. The minimum Gasteiger partial charge on any atom is -0.454 e. The number of benzene rings is 1. The number of nitrogens with zero attached hydrogens (tertiary/aromatic N) is 2. The molecule has 0 unspecified atom stereocenters. The second-order valence-corrected chi connectivity index (χ2v) is 5.17. The molecule has 2 heterocycles. The van der Waals surface area contributed by atoms with Gasteiger partial charge in [0.15, 0.2) is 5.76 Å². The second-order valence-electron chi connectivity index (χ2n) is 4.33. The predicted octanol–water partition coefficient (Wildman–Crippen LogP) is 3.23. The maximum Gasteiger partial charge on any atom is 0.160 e. The van der Waals surface area contributed by atoms with Gasteiger partial charge in [-0.05, 0) is 31.1 Å². The molecule has 3 aromatic rings. The number of para-hydroxylation sites is 1. The summed E-state index contributed by atoms with van der Waals surface area (Å²) in [6.45, 7) is 2.89. The molecule has 0 atom stereocenters. The zero-order valence-electron chi connectivity index (χ0n) is 10.9. The first-order chi connectivity index (χ1) is 9.35. The van der Waals surface area contributed by atoms with Crippen LogP contribution in [0.3, 0.4) is 0 Å². The molecule has 0 spiro atoms. The molecule has 0 saturated carbocycles. The fourth-order valence-corrected chi connectivity index (χ4v) is 2.95. The Hall–Kier alpha value is -1.72. The first-order valence-corrected chi connectivity index (χ1v) is 7.09. The molecule has 1 N–H and O–H groups in total. The van der Waals surface area contributed by atoms with Gasteiger partial charge in [-0.15, -0.1) is 5.10 Å². The van der Waals surface area contributed by atoms with Gasteiger partial charge in [0, 0.05) is 17.5 Å². The number of hydrogen-bond acceptors (Lipinski definition) is 5. The predicted molar refractivity (Wildman–Crippen MR) is 77.3 cm³/mol. The summed E-state index contributed by atoms with van der Waals surface area (Å²) < 4.78 is 10.1. The summed E-state index contributed by atoms with van der Waals surface area (Å²) in [5.41, 5.74) is 2.99. The highest BCUT2D eigenvalue weighted by Crippen LogP contribution is 2.35. The summed E-state index contributed by atoms with van der Waals surface area (Å²) >= 11 is 1.41. The fourth-order valence-electron chi connectivity index (χ4n) is 2.30. The van der Waals surface area contributed by atoms with Crippen molar-refractivity contribution in [1.82, 2.24) is 14.9 Å². The third-order valence-corrected chi connectivity index (χ3v) is 3.88. The summed E-state index contributed by atoms with van der Waals surface area (Å²) in [5.74, 6) is 0.864. The van der Waals surface area contributed by atoms with E-state index in [2.05, 4.69) is 27.9 Å². The molecule has 0 radical (unpaired) electrons. The van der Waals surface area contributed by atoms with E-state index in [9.17, 15) is 0 Å². The Morgan fingerprint density at radius 1 is 1.32 bits per heavy atom. The van der Waals surface area contributed by atoms with Crippen LogP contribution >= 0.6 is 11.5 Å². The number of rotatable bonds is 4. The van der Waals surface area contributed by atoms with Crippen LogP contribution in [-0.2, 0) is 13.0 Å². The number of nitrogens with one attached hydrogen (secondary N) is 1. The summed E-state index contributed by atoms with van der Waals surface area (Å²) in [5, 5.41) is 8.55. The molecule has 0 aliphatic carbocycles. The topological polar surface area (TPSA) is 51.0 Å². The average Bonchev–Trinajstić information content (AvgIpc) is 3.02. The molecule has 0 bridgehead atoms. The Balaban J connectivity index is 2.21. The van der Waals surface area contributed by atoms with E-state index in [1.54, 1.807) is 0 Å². The average molecular weight is 273 g/mol. The number of hydrogen-bond donors (Lipinski definition) is 1. The molecule has 3 rings (SSSR count). The Morgan fingerprint density at radius 3 is 2.95 bits per heavy atom. The van der Waals surface area contributed by atoms with Crippen molar-refractivity contribution in [3.63, 3.8) is 0 Å². The van der Waals surface area contributed by atoms with E-state index in [0.717, 1.165) is 34.9 Å². The largest absolute Gasteiger partial charge is 0.454 e. The zero-order valence-corrected chi connectivity index (χ0v) is 11.8. The SMILES string of the molecule is CCc1c(-c2nnsc2CNC)oc2ccccc12. The van der Waals surface area contributed by atoms with Crippen LogP contribution in [0.2, 0.25) is 0 Å². The van der Waals surface area contributed by atoms with E-state index >= 15 is 0 Å². The van der Waals surface area contributed by atoms with Gasteiger partial charge in [0.1, 0.15) is 11.3 Å². The van der Waals surface area contributed by atoms with Crippen LogP contribution in [0.1, 0.15) is 17.4 Å². The molecule has 1 aromatic carbocycles. The van der Waals surface area contributed by atoms with Crippen LogP contribution in [0.4, 0.5) is 0 Å². The minimum absolute atomic E-state index is 0.757. The van der Waals surface area contributed by atoms with Crippen LogP contribution in [0.15, 0.2) is 28.7 Å². The number of furan rings is 1. The lowest BCUT2D eigenvalue weighted by molar-refractivity contribution is 0.622. The van der Waals surface area contributed by atoms with Crippen molar-refractivity contribution in [2.24, 2.45) is 0 Å². The van der Waals surface area contributed by atoms with Crippen molar-refractivity contribution in [3.05, 3.63) is 34.7 Å². The Bertz CT molecular complexity index is 702. The number of aryl methyl sites for hydroxylation is 1. The zero-order chi connectivity index (χ0) is 13.2. The lowest BCUT2D eigenvalue weighted by Gasteiger charge is -1.99. The van der Waals surface area contributed by atoms with E-state index in [1.165, 1.54) is 22.5 Å². The molecule has 19 heavy (non-hydrogen) atoms. The van der Waals surface area contributed by atoms with Gasteiger partial charge in [-0.25, -0.2) is 0 Å². The molecule has 0 saturated heterocycles. The molecule has 98 valence electrons. The highest BCUT2D eigenvalue weighted by Gasteiger charge is 2.19. The van der Waals surface area contributed by atoms with Gasteiger partial charge in [0.05, 0.1) is 4.88 Å². The summed E-state index contributed by atoms with van der Waals surface area (Å²) in [7, 11) is 1.92. The fraction of sp³-hybridized carbons (Fsp3) is 0.286. The van der Waals surface area contributed by atoms with Crippen LogP contribution in [0, 0.1) is 0 Å². The molecule has 0 amide bonds. The normalized spacial score (nSPS) is 11.3. The lowest BCUT2D eigenvalue weighted by atomic mass is 10.1. The van der Waals surface area contributed by atoms with Gasteiger partial charge in [0.25, 0.3) is 0 Å². The standard InChI is InChI=1S/C14H15N3OS/c1-3-9-10-6-4-5-7-11(10)18-14(9)13-12(8-15-2)19-17-16-13/h4-7,15H,3,8H2,1-2H3. The second kappa shape index (κ2) is 5.11. The van der Waals surface area contributed by atoms with Crippen molar-refractivity contribution >= 4 is 22.5 Å². The van der Waals surface area contributed by atoms with Crippen molar-refractivity contribution in [3.8, 4) is 11.5 Å². The smallest absolute Gasteiger partial charge is 0.160 e. The Labute approximate surface area is 115 Å². The van der Waals surface area contributed by atoms with Crippen LogP contribution in [0.25, 0.3) is 22.4 Å². The molecule has 0 aliphatic rings. The van der Waals surface area contributed by atoms with Crippen molar-refractivity contribution in [1.29, 1.82) is 0 Å². The van der Waals surface area contributed by atoms with Gasteiger partial charge in [-0.2, -0.15) is 0 Å². The highest BCUT2D eigenvalue weighted by molar-refractivity contribution is 7.05. The van der Waals surface area contributed by atoms with Crippen molar-refractivity contribution in [2.45, 2.75) is 19.9 Å². The number of fused-ring (bicyclic) bond motifs is 1. The highest BCUT2D eigenvalue weighted by atomic mass is 32.1. The third kappa shape index (κ3) is 2.05. The molecule has 4 nitrogen and oxygen atoms in total. The van der Waals surface area contributed by atoms with E-state index in [4.69, 9.17) is 4.42 Å². The summed E-state index contributed by atoms with van der Waals surface area (Å²) in [6, 6.07) is 8.12. The monoisotopic (exact) mass is 273 g/mol. The van der Waals surface area contributed by atoms with E-state index in [0.29, 0.717) is 0 Å². The third-order valence-electron chi connectivity index (χ3n) is 3.16. The molecule has 0 fully saturated rings. The van der Waals surface area contributed by atoms with Gasteiger partial charge >= 0.3 is 0 Å². The van der Waals surface area contributed by atoms with Crippen LogP contribution in [0.5, 0.6) is 0 Å². The maximum atomic E-state index is 6.00. The summed E-state index contributed by atoms with van der Waals surface area (Å²) in [4.78, 5) is 1.11. The lowest BCUT2D eigenvalue weighted by Crippen LogP contribution is -2.04. The molecule has 2 aromatic heterocycles. The Morgan fingerprint density at radius 2 is 2.16 bits per heavy atom. The van der Waals surface area contributed by atoms with Crippen molar-refractivity contribution < 1.29 is 4.42 Å². The molecular formula is C14H15N3OS.